The van der Waals surface area contributed by atoms with E-state index in [1.54, 1.807) is 13.3 Å². The standard InChI is InChI=1S/C23H24N4O2/c1-28-21-12-11-18(15-26-27-23(24)25)14-20(21)16-29-22-10-6-5-9-19(22)13-17-7-3-2-4-8-17/h2-12,14-15H,13,16H2,1H3,(H4,24,25,27). The zero-order valence-corrected chi connectivity index (χ0v) is 16.3. The van der Waals surface area contributed by atoms with Crippen LogP contribution in [0.3, 0.4) is 0 Å². The number of guanidine groups is 1. The van der Waals surface area contributed by atoms with Crippen molar-refractivity contribution in [3.8, 4) is 11.5 Å². The van der Waals surface area contributed by atoms with Crippen LogP contribution in [0.1, 0.15) is 22.3 Å². The second-order valence-electron chi connectivity index (χ2n) is 6.40. The highest BCUT2D eigenvalue weighted by Gasteiger charge is 2.08. The first-order valence-electron chi connectivity index (χ1n) is 9.19. The Morgan fingerprint density at radius 2 is 1.66 bits per heavy atom. The van der Waals surface area contributed by atoms with Crippen molar-refractivity contribution in [3.05, 3.63) is 95.1 Å². The fraction of sp³-hybridized carbons (Fsp3) is 0.130. The smallest absolute Gasteiger partial charge is 0.211 e. The summed E-state index contributed by atoms with van der Waals surface area (Å²) in [5, 5.41) is 7.46. The lowest BCUT2D eigenvalue weighted by Gasteiger charge is -2.14. The van der Waals surface area contributed by atoms with Crippen LogP contribution in [-0.2, 0) is 13.0 Å². The number of benzene rings is 3. The maximum Gasteiger partial charge on any atom is 0.211 e. The summed E-state index contributed by atoms with van der Waals surface area (Å²) in [5.41, 5.74) is 14.7. The molecule has 0 bridgehead atoms. The fourth-order valence-electron chi connectivity index (χ4n) is 2.92. The monoisotopic (exact) mass is 388 g/mol. The fourth-order valence-corrected chi connectivity index (χ4v) is 2.92. The molecule has 148 valence electrons. The molecule has 4 N–H and O–H groups in total. The van der Waals surface area contributed by atoms with Crippen LogP contribution in [-0.4, -0.2) is 19.3 Å². The van der Waals surface area contributed by atoms with Gasteiger partial charge in [0.25, 0.3) is 0 Å². The maximum absolute atomic E-state index is 6.14. The lowest BCUT2D eigenvalue weighted by molar-refractivity contribution is 0.294. The number of hydrogen-bond acceptors (Lipinski definition) is 4. The number of rotatable bonds is 8. The Morgan fingerprint density at radius 3 is 2.41 bits per heavy atom. The molecule has 3 rings (SSSR count). The van der Waals surface area contributed by atoms with Gasteiger partial charge in [-0.3, -0.25) is 0 Å². The van der Waals surface area contributed by atoms with Gasteiger partial charge in [0, 0.05) is 12.0 Å². The largest absolute Gasteiger partial charge is 0.496 e. The van der Waals surface area contributed by atoms with Gasteiger partial charge in [0.1, 0.15) is 18.1 Å². The van der Waals surface area contributed by atoms with E-state index in [1.165, 1.54) is 5.56 Å². The van der Waals surface area contributed by atoms with Crippen LogP contribution in [0.15, 0.2) is 83.0 Å². The molecule has 0 saturated heterocycles. The number of para-hydroxylation sites is 1. The molecule has 3 aromatic carbocycles. The van der Waals surface area contributed by atoms with Gasteiger partial charge in [0.2, 0.25) is 5.96 Å². The second-order valence-corrected chi connectivity index (χ2v) is 6.40. The minimum Gasteiger partial charge on any atom is -0.496 e. The predicted molar refractivity (Wildman–Crippen MR) is 116 cm³/mol. The van der Waals surface area contributed by atoms with E-state index in [0.717, 1.165) is 34.6 Å². The van der Waals surface area contributed by atoms with Gasteiger partial charge in [-0.1, -0.05) is 48.5 Å². The molecule has 0 amide bonds. The van der Waals surface area contributed by atoms with Gasteiger partial charge in [-0.05, 0) is 41.0 Å². The van der Waals surface area contributed by atoms with Gasteiger partial charge < -0.3 is 20.9 Å². The number of hydrogen-bond donors (Lipinski definition) is 2. The van der Waals surface area contributed by atoms with Crippen molar-refractivity contribution in [1.29, 1.82) is 0 Å². The van der Waals surface area contributed by atoms with E-state index < -0.39 is 0 Å². The van der Waals surface area contributed by atoms with E-state index in [4.69, 9.17) is 20.9 Å². The Balaban J connectivity index is 1.77. The number of nitrogens with zero attached hydrogens (tertiary/aromatic N) is 2. The first kappa shape index (κ1) is 19.9. The van der Waals surface area contributed by atoms with E-state index in [2.05, 4.69) is 28.4 Å². The molecule has 0 radical (unpaired) electrons. The third kappa shape index (κ3) is 5.84. The third-order valence-corrected chi connectivity index (χ3v) is 4.28. The molecule has 0 heterocycles. The molecule has 3 aromatic rings. The number of ether oxygens (including phenoxy) is 2. The summed E-state index contributed by atoms with van der Waals surface area (Å²) in [6.07, 6.45) is 2.38. The lowest BCUT2D eigenvalue weighted by Crippen LogP contribution is -2.21. The summed E-state index contributed by atoms with van der Waals surface area (Å²) < 4.78 is 11.6. The molecule has 0 atom stereocenters. The minimum absolute atomic E-state index is 0.0895. The van der Waals surface area contributed by atoms with E-state index in [-0.39, 0.29) is 5.96 Å². The van der Waals surface area contributed by atoms with Crippen molar-refractivity contribution in [2.75, 3.05) is 7.11 Å². The molecule has 0 saturated carbocycles. The molecule has 0 unspecified atom stereocenters. The molecular weight excluding hydrogens is 364 g/mol. The quantitative estimate of drug-likeness (QED) is 0.351. The van der Waals surface area contributed by atoms with E-state index in [0.29, 0.717) is 6.61 Å². The van der Waals surface area contributed by atoms with E-state index in [1.807, 2.05) is 54.6 Å². The summed E-state index contributed by atoms with van der Waals surface area (Å²) >= 11 is 0. The summed E-state index contributed by atoms with van der Waals surface area (Å²) in [4.78, 5) is 0. The van der Waals surface area contributed by atoms with Gasteiger partial charge in [-0.15, -0.1) is 5.10 Å². The van der Waals surface area contributed by atoms with Crippen molar-refractivity contribution in [3.63, 3.8) is 0 Å². The molecule has 6 nitrogen and oxygen atoms in total. The topological polar surface area (TPSA) is 95.2 Å². The minimum atomic E-state index is -0.0895. The van der Waals surface area contributed by atoms with Crippen molar-refractivity contribution in [2.24, 2.45) is 21.7 Å². The SMILES string of the molecule is COc1ccc(C=NN=C(N)N)cc1COc1ccccc1Cc1ccccc1. The Morgan fingerprint density at radius 1 is 0.897 bits per heavy atom. The first-order valence-corrected chi connectivity index (χ1v) is 9.19. The molecule has 6 heteroatoms. The van der Waals surface area contributed by atoms with Crippen molar-refractivity contribution >= 4 is 12.2 Å². The average molecular weight is 388 g/mol. The normalized spacial score (nSPS) is 10.7. The van der Waals surface area contributed by atoms with E-state index in [9.17, 15) is 0 Å². The third-order valence-electron chi connectivity index (χ3n) is 4.28. The molecule has 0 aliphatic heterocycles. The van der Waals surface area contributed by atoms with Gasteiger partial charge in [0.15, 0.2) is 0 Å². The maximum atomic E-state index is 6.14. The summed E-state index contributed by atoms with van der Waals surface area (Å²) in [7, 11) is 1.63. The van der Waals surface area contributed by atoms with Crippen LogP contribution in [0.25, 0.3) is 0 Å². The van der Waals surface area contributed by atoms with Crippen molar-refractivity contribution in [1.82, 2.24) is 0 Å². The molecule has 0 spiro atoms. The van der Waals surface area contributed by atoms with E-state index >= 15 is 0 Å². The summed E-state index contributed by atoms with van der Waals surface area (Å²) in [6, 6.07) is 24.0. The summed E-state index contributed by atoms with van der Waals surface area (Å²) in [6.45, 7) is 0.360. The van der Waals surface area contributed by atoms with Gasteiger partial charge in [0.05, 0.1) is 13.3 Å². The zero-order valence-electron chi connectivity index (χ0n) is 16.3. The zero-order chi connectivity index (χ0) is 20.5. The Bertz CT molecular complexity index is 997. The lowest BCUT2D eigenvalue weighted by atomic mass is 10.0. The molecular formula is C23H24N4O2. The van der Waals surface area contributed by atoms with Crippen LogP contribution in [0.4, 0.5) is 0 Å². The Labute approximate surface area is 170 Å². The first-order chi connectivity index (χ1) is 14.2. The van der Waals surface area contributed by atoms with Gasteiger partial charge >= 0.3 is 0 Å². The van der Waals surface area contributed by atoms with Gasteiger partial charge in [-0.2, -0.15) is 5.10 Å². The molecule has 0 fully saturated rings. The highest BCUT2D eigenvalue weighted by Crippen LogP contribution is 2.25. The van der Waals surface area contributed by atoms with Crippen molar-refractivity contribution in [2.45, 2.75) is 13.0 Å². The van der Waals surface area contributed by atoms with Gasteiger partial charge in [-0.25, -0.2) is 0 Å². The number of methoxy groups -OCH3 is 1. The summed E-state index contributed by atoms with van der Waals surface area (Å²) in [5.74, 6) is 1.50. The average Bonchev–Trinajstić information content (AvgIpc) is 2.74. The molecule has 29 heavy (non-hydrogen) atoms. The Kier molecular flexibility index (Phi) is 6.84. The second kappa shape index (κ2) is 9.94. The number of nitrogens with two attached hydrogens (primary N) is 2. The molecule has 0 aliphatic carbocycles. The van der Waals surface area contributed by atoms with Crippen LogP contribution in [0.2, 0.25) is 0 Å². The van der Waals surface area contributed by atoms with Crippen LogP contribution >= 0.6 is 0 Å². The highest BCUT2D eigenvalue weighted by molar-refractivity contribution is 5.82. The highest BCUT2D eigenvalue weighted by atomic mass is 16.5. The Hall–Kier alpha value is -3.80. The van der Waals surface area contributed by atoms with Crippen LogP contribution in [0.5, 0.6) is 11.5 Å². The molecule has 0 aromatic heterocycles. The predicted octanol–water partition coefficient (Wildman–Crippen LogP) is 3.47. The van der Waals surface area contributed by atoms with Crippen LogP contribution in [0, 0.1) is 0 Å². The van der Waals surface area contributed by atoms with Crippen LogP contribution < -0.4 is 20.9 Å². The van der Waals surface area contributed by atoms with Crippen molar-refractivity contribution < 1.29 is 9.47 Å². The molecule has 0 aliphatic rings.